The van der Waals surface area contributed by atoms with Gasteiger partial charge >= 0.3 is 11.9 Å². The third-order valence-electron chi connectivity index (χ3n) is 5.74. The first-order valence-corrected chi connectivity index (χ1v) is 12.4. The van der Waals surface area contributed by atoms with Crippen LogP contribution in [0.5, 0.6) is 11.5 Å². The Morgan fingerprint density at radius 1 is 0.784 bits per heavy atom. The van der Waals surface area contributed by atoms with Crippen molar-refractivity contribution in [3.05, 3.63) is 59.7 Å². The summed E-state index contributed by atoms with van der Waals surface area (Å²) in [7, 11) is -4.69. The highest BCUT2D eigenvalue weighted by atomic mass is 32.2. The average molecular weight is 538 g/mol. The molecule has 0 radical (unpaired) electrons. The van der Waals surface area contributed by atoms with E-state index >= 15 is 0 Å². The van der Waals surface area contributed by atoms with Crippen LogP contribution in [0.25, 0.3) is 0 Å². The van der Waals surface area contributed by atoms with Crippen molar-refractivity contribution in [2.24, 2.45) is 0 Å². The second-order valence-electron chi connectivity index (χ2n) is 8.33. The van der Waals surface area contributed by atoms with E-state index in [1.54, 1.807) is 0 Å². The van der Waals surface area contributed by atoms with Crippen LogP contribution >= 0.6 is 0 Å². The molecule has 2 aromatic carbocycles. The van der Waals surface area contributed by atoms with Crippen molar-refractivity contribution in [2.45, 2.75) is 39.1 Å². The number of hydrogen-bond acceptors (Lipinski definition) is 11. The molecule has 0 saturated heterocycles. The molecule has 2 aromatic rings. The number of phenols is 2. The number of rotatable bonds is 11. The van der Waals surface area contributed by atoms with Gasteiger partial charge in [-0.15, -0.1) is 0 Å². The van der Waals surface area contributed by atoms with Gasteiger partial charge in [-0.05, 0) is 38.1 Å². The molecule has 0 aliphatic carbocycles. The van der Waals surface area contributed by atoms with Gasteiger partial charge < -0.3 is 19.7 Å². The Bertz CT molecular complexity index is 1240. The molecule has 0 saturated carbocycles. The minimum Gasteiger partial charge on any atom is -0.507 e. The van der Waals surface area contributed by atoms with Crippen molar-refractivity contribution >= 4 is 33.6 Å². The highest BCUT2D eigenvalue weighted by molar-refractivity contribution is 7.85. The first kappa shape index (κ1) is 29.4. The largest absolute Gasteiger partial charge is 0.507 e. The summed E-state index contributed by atoms with van der Waals surface area (Å²) in [6, 6.07) is 10.4. The molecule has 0 aliphatic heterocycles. The van der Waals surface area contributed by atoms with Crippen LogP contribution in [-0.4, -0.2) is 75.3 Å². The molecular weight excluding hydrogens is 510 g/mol. The van der Waals surface area contributed by atoms with Crippen molar-refractivity contribution in [3.8, 4) is 11.5 Å². The summed E-state index contributed by atoms with van der Waals surface area (Å²) >= 11 is 0. The summed E-state index contributed by atoms with van der Waals surface area (Å²) in [6.07, 6.45) is 0. The standard InChI is InChI=1S/C24H27NO11S/c1-15(26)23(3,35-21(30)17-9-5-7-11-19(17)28)25(13-14-37(32,33)34)24(4,16(2)27)36-22(31)18-10-6-8-12-20(18)29/h5-12,28-29H,13-14H2,1-4H3,(H,32,33,34). The normalized spacial score (nSPS) is 14.8. The molecule has 0 spiro atoms. The Labute approximate surface area is 213 Å². The minimum absolute atomic E-state index is 0.347. The number of benzene rings is 2. The van der Waals surface area contributed by atoms with Gasteiger partial charge in [0.2, 0.25) is 11.4 Å². The molecule has 13 heteroatoms. The molecule has 2 rings (SSSR count). The monoisotopic (exact) mass is 537 g/mol. The van der Waals surface area contributed by atoms with E-state index in [1.807, 2.05) is 0 Å². The Morgan fingerprint density at radius 3 is 1.43 bits per heavy atom. The summed E-state index contributed by atoms with van der Waals surface area (Å²) in [4.78, 5) is 52.3. The lowest BCUT2D eigenvalue weighted by molar-refractivity contribution is -0.211. The predicted molar refractivity (Wildman–Crippen MR) is 128 cm³/mol. The number of carbonyl (C=O) groups excluding carboxylic acids is 4. The van der Waals surface area contributed by atoms with Crippen molar-refractivity contribution in [3.63, 3.8) is 0 Å². The summed E-state index contributed by atoms with van der Waals surface area (Å²) < 4.78 is 43.3. The molecular formula is C24H27NO11S. The molecule has 2 unspecified atom stereocenters. The van der Waals surface area contributed by atoms with Crippen molar-refractivity contribution < 1.29 is 51.8 Å². The van der Waals surface area contributed by atoms with Crippen molar-refractivity contribution in [2.75, 3.05) is 12.3 Å². The van der Waals surface area contributed by atoms with E-state index in [0.717, 1.165) is 27.7 Å². The smallest absolute Gasteiger partial charge is 0.344 e. The zero-order chi connectivity index (χ0) is 28.2. The van der Waals surface area contributed by atoms with Gasteiger partial charge in [-0.3, -0.25) is 14.1 Å². The number of Topliss-reactive ketones (excluding diaryl/α,β-unsaturated/α-hetero) is 2. The lowest BCUT2D eigenvalue weighted by Crippen LogP contribution is -2.67. The molecule has 0 aromatic heterocycles. The molecule has 0 heterocycles. The zero-order valence-electron chi connectivity index (χ0n) is 20.5. The molecule has 3 N–H and O–H groups in total. The fourth-order valence-electron chi connectivity index (χ4n) is 3.44. The second kappa shape index (κ2) is 11.1. The SMILES string of the molecule is CC(=O)C(C)(OC(=O)c1ccccc1O)N(CCS(=O)(=O)O)C(C)(OC(=O)c1ccccc1O)C(C)=O. The Kier molecular flexibility index (Phi) is 8.80. The lowest BCUT2D eigenvalue weighted by atomic mass is 10.0. The molecule has 37 heavy (non-hydrogen) atoms. The zero-order valence-corrected chi connectivity index (χ0v) is 21.3. The quantitative estimate of drug-likeness (QED) is 0.215. The number of para-hydroxylation sites is 2. The predicted octanol–water partition coefficient (Wildman–Crippen LogP) is 1.91. The summed E-state index contributed by atoms with van der Waals surface area (Å²) in [6.45, 7) is 3.19. The maximum atomic E-state index is 12.9. The van der Waals surface area contributed by atoms with Gasteiger partial charge in [-0.25, -0.2) is 14.5 Å². The van der Waals surface area contributed by atoms with E-state index in [0.29, 0.717) is 4.90 Å². The minimum atomic E-state index is -4.69. The van der Waals surface area contributed by atoms with E-state index in [1.165, 1.54) is 48.5 Å². The number of phenolic OH excluding ortho intramolecular Hbond substituents is 2. The van der Waals surface area contributed by atoms with Crippen LogP contribution in [0.3, 0.4) is 0 Å². The topological polar surface area (TPSA) is 185 Å². The molecule has 12 nitrogen and oxygen atoms in total. The number of ketones is 2. The van der Waals surface area contributed by atoms with E-state index in [-0.39, 0.29) is 11.1 Å². The fraction of sp³-hybridized carbons (Fsp3) is 0.333. The molecule has 0 fully saturated rings. The molecule has 2 atom stereocenters. The Morgan fingerprint density at radius 2 is 1.14 bits per heavy atom. The number of ether oxygens (including phenoxy) is 2. The van der Waals surface area contributed by atoms with Crippen LogP contribution in [0.15, 0.2) is 48.5 Å². The summed E-state index contributed by atoms with van der Waals surface area (Å²) in [5, 5.41) is 20.1. The van der Waals surface area contributed by atoms with E-state index in [2.05, 4.69) is 0 Å². The van der Waals surface area contributed by atoms with Gasteiger partial charge in [0.1, 0.15) is 22.6 Å². The molecule has 0 amide bonds. The van der Waals surface area contributed by atoms with Crippen LogP contribution < -0.4 is 0 Å². The third-order valence-corrected chi connectivity index (χ3v) is 6.44. The van der Waals surface area contributed by atoms with Crippen LogP contribution in [-0.2, 0) is 29.2 Å². The van der Waals surface area contributed by atoms with Crippen molar-refractivity contribution in [1.29, 1.82) is 0 Å². The highest BCUT2D eigenvalue weighted by Crippen LogP contribution is 2.33. The van der Waals surface area contributed by atoms with Gasteiger partial charge in [0.15, 0.2) is 11.6 Å². The van der Waals surface area contributed by atoms with Gasteiger partial charge in [-0.2, -0.15) is 8.42 Å². The third kappa shape index (κ3) is 6.70. The van der Waals surface area contributed by atoms with Crippen LogP contribution in [0.4, 0.5) is 0 Å². The number of aromatic hydroxyl groups is 2. The second-order valence-corrected chi connectivity index (χ2v) is 9.90. The van der Waals surface area contributed by atoms with Gasteiger partial charge in [-0.1, -0.05) is 24.3 Å². The van der Waals surface area contributed by atoms with Crippen LogP contribution in [0, 0.1) is 0 Å². The Hall–Kier alpha value is -3.81. The molecule has 0 bridgehead atoms. The van der Waals surface area contributed by atoms with Gasteiger partial charge in [0, 0.05) is 20.4 Å². The molecule has 0 aliphatic rings. The van der Waals surface area contributed by atoms with Gasteiger partial charge in [0.25, 0.3) is 10.1 Å². The van der Waals surface area contributed by atoms with E-state index < -0.39 is 68.9 Å². The number of esters is 2. The van der Waals surface area contributed by atoms with Crippen LogP contribution in [0.1, 0.15) is 48.4 Å². The first-order valence-electron chi connectivity index (χ1n) is 10.8. The van der Waals surface area contributed by atoms with E-state index in [4.69, 9.17) is 9.47 Å². The van der Waals surface area contributed by atoms with Crippen molar-refractivity contribution in [1.82, 2.24) is 4.90 Å². The Balaban J connectivity index is 2.65. The summed E-state index contributed by atoms with van der Waals surface area (Å²) in [5.74, 6) is -6.29. The maximum absolute atomic E-state index is 12.9. The molecule has 200 valence electrons. The van der Waals surface area contributed by atoms with E-state index in [9.17, 15) is 42.4 Å². The van der Waals surface area contributed by atoms with Gasteiger partial charge in [0.05, 0.1) is 5.75 Å². The number of nitrogens with zero attached hydrogens (tertiary/aromatic N) is 1. The first-order chi connectivity index (χ1) is 17.0. The van der Waals surface area contributed by atoms with Crippen LogP contribution in [0.2, 0.25) is 0 Å². The average Bonchev–Trinajstić information content (AvgIpc) is 2.78. The summed E-state index contributed by atoms with van der Waals surface area (Å²) in [5.41, 5.74) is -5.60. The highest BCUT2D eigenvalue weighted by Gasteiger charge is 2.54. The number of carbonyl (C=O) groups is 4. The lowest BCUT2D eigenvalue weighted by Gasteiger charge is -2.46. The number of hydrogen-bond donors (Lipinski definition) is 3. The fourth-order valence-corrected chi connectivity index (χ4v) is 3.85. The maximum Gasteiger partial charge on any atom is 0.344 e.